The van der Waals surface area contributed by atoms with Crippen LogP contribution in [0.15, 0.2) is 53.7 Å². The Bertz CT molecular complexity index is 802. The molecule has 3 rings (SSSR count). The average Bonchev–Trinajstić information content (AvgIpc) is 3.42. The first-order valence-electron chi connectivity index (χ1n) is 8.56. The van der Waals surface area contributed by atoms with Crippen molar-refractivity contribution in [3.8, 4) is 5.75 Å². The fourth-order valence-corrected chi connectivity index (χ4v) is 2.91. The predicted octanol–water partition coefficient (Wildman–Crippen LogP) is 5.42. The van der Waals surface area contributed by atoms with Gasteiger partial charge >= 0.3 is 6.18 Å². The van der Waals surface area contributed by atoms with Gasteiger partial charge in [0.1, 0.15) is 18.2 Å². The largest absolute Gasteiger partial charge is 0.490 e. The summed E-state index contributed by atoms with van der Waals surface area (Å²) < 4.78 is 56.1. The van der Waals surface area contributed by atoms with Crippen LogP contribution in [-0.2, 0) is 11.0 Å². The molecule has 0 aliphatic heterocycles. The van der Waals surface area contributed by atoms with Crippen molar-refractivity contribution in [3.05, 3.63) is 65.5 Å². The van der Waals surface area contributed by atoms with E-state index in [-0.39, 0.29) is 30.7 Å². The molecule has 0 saturated heterocycles. The lowest BCUT2D eigenvalue weighted by molar-refractivity contribution is -0.137. The van der Waals surface area contributed by atoms with Crippen molar-refractivity contribution in [2.24, 2.45) is 11.1 Å². The summed E-state index contributed by atoms with van der Waals surface area (Å²) in [5.41, 5.74) is 1.16. The highest BCUT2D eigenvalue weighted by molar-refractivity contribution is 5.87. The first kappa shape index (κ1) is 19.2. The standard InChI is InChI=1S/C20H19F4NO2/c1-13(18-12-19(18)14-5-7-16(21)8-6-14)25-27-10-9-26-17-4-2-3-15(11-17)20(22,23)24/h2-8,11,18-19H,9-10,12H2,1H3/b25-13-/t18-,19+/m1/s1. The van der Waals surface area contributed by atoms with Crippen LogP contribution >= 0.6 is 0 Å². The third kappa shape index (κ3) is 5.21. The molecule has 1 fully saturated rings. The van der Waals surface area contributed by atoms with E-state index in [1.807, 2.05) is 6.92 Å². The highest BCUT2D eigenvalue weighted by atomic mass is 19.4. The number of rotatable bonds is 7. The lowest BCUT2D eigenvalue weighted by Crippen LogP contribution is -2.08. The summed E-state index contributed by atoms with van der Waals surface area (Å²) in [5, 5.41) is 4.05. The molecule has 27 heavy (non-hydrogen) atoms. The maximum absolute atomic E-state index is 13.0. The van der Waals surface area contributed by atoms with Gasteiger partial charge in [-0.1, -0.05) is 23.4 Å². The second-order valence-corrected chi connectivity index (χ2v) is 6.44. The number of nitrogens with zero attached hydrogens (tertiary/aromatic N) is 1. The number of benzene rings is 2. The zero-order valence-electron chi connectivity index (χ0n) is 14.7. The zero-order valence-corrected chi connectivity index (χ0v) is 14.7. The van der Waals surface area contributed by atoms with Gasteiger partial charge in [0.2, 0.25) is 0 Å². The van der Waals surface area contributed by atoms with Crippen LogP contribution in [0, 0.1) is 11.7 Å². The molecule has 1 aliphatic rings. The lowest BCUT2D eigenvalue weighted by atomic mass is 10.1. The van der Waals surface area contributed by atoms with Crippen molar-refractivity contribution in [1.82, 2.24) is 0 Å². The first-order valence-corrected chi connectivity index (χ1v) is 8.56. The summed E-state index contributed by atoms with van der Waals surface area (Å²) in [4.78, 5) is 5.20. The maximum Gasteiger partial charge on any atom is 0.416 e. The minimum Gasteiger partial charge on any atom is -0.490 e. The van der Waals surface area contributed by atoms with Gasteiger partial charge in [-0.25, -0.2) is 4.39 Å². The Morgan fingerprint density at radius 1 is 1.11 bits per heavy atom. The predicted molar refractivity (Wildman–Crippen MR) is 93.2 cm³/mol. The van der Waals surface area contributed by atoms with E-state index in [2.05, 4.69) is 5.16 Å². The second kappa shape index (κ2) is 7.98. The molecule has 0 aromatic heterocycles. The van der Waals surface area contributed by atoms with Crippen LogP contribution in [0.3, 0.4) is 0 Å². The van der Waals surface area contributed by atoms with Crippen LogP contribution < -0.4 is 4.74 Å². The SMILES string of the molecule is C/C(=N/OCCOc1cccc(C(F)(F)F)c1)[C@H]1C[C@H]1c1ccc(F)cc1. The van der Waals surface area contributed by atoms with Crippen LogP contribution in [0.5, 0.6) is 5.75 Å². The van der Waals surface area contributed by atoms with Gasteiger partial charge in [-0.15, -0.1) is 0 Å². The number of oxime groups is 1. The van der Waals surface area contributed by atoms with Gasteiger partial charge in [0, 0.05) is 5.92 Å². The van der Waals surface area contributed by atoms with E-state index in [1.165, 1.54) is 24.3 Å². The number of hydrogen-bond acceptors (Lipinski definition) is 3. The number of ether oxygens (including phenoxy) is 1. The van der Waals surface area contributed by atoms with Crippen molar-refractivity contribution in [2.75, 3.05) is 13.2 Å². The van der Waals surface area contributed by atoms with Crippen LogP contribution in [-0.4, -0.2) is 18.9 Å². The Morgan fingerprint density at radius 2 is 1.85 bits per heavy atom. The molecule has 144 valence electrons. The van der Waals surface area contributed by atoms with E-state index >= 15 is 0 Å². The Labute approximate surface area is 154 Å². The summed E-state index contributed by atoms with van der Waals surface area (Å²) in [6.45, 7) is 2.08. The Morgan fingerprint density at radius 3 is 2.56 bits per heavy atom. The summed E-state index contributed by atoms with van der Waals surface area (Å²) in [6, 6.07) is 11.1. The molecule has 3 nitrogen and oxygen atoms in total. The first-order chi connectivity index (χ1) is 12.8. The molecular weight excluding hydrogens is 362 g/mol. The number of halogens is 4. The fourth-order valence-electron chi connectivity index (χ4n) is 2.91. The molecule has 0 amide bonds. The third-order valence-corrected chi connectivity index (χ3v) is 4.44. The van der Waals surface area contributed by atoms with Crippen molar-refractivity contribution in [1.29, 1.82) is 0 Å². The molecule has 1 saturated carbocycles. The molecule has 0 spiro atoms. The van der Waals surface area contributed by atoms with Crippen LogP contribution in [0.2, 0.25) is 0 Å². The molecule has 1 aliphatic carbocycles. The third-order valence-electron chi connectivity index (χ3n) is 4.44. The topological polar surface area (TPSA) is 30.8 Å². The summed E-state index contributed by atoms with van der Waals surface area (Å²) in [7, 11) is 0. The lowest BCUT2D eigenvalue weighted by Gasteiger charge is -2.10. The molecule has 2 aromatic rings. The van der Waals surface area contributed by atoms with E-state index in [1.54, 1.807) is 12.1 Å². The van der Waals surface area contributed by atoms with Gasteiger partial charge in [0.25, 0.3) is 0 Å². The van der Waals surface area contributed by atoms with Crippen molar-refractivity contribution >= 4 is 5.71 Å². The van der Waals surface area contributed by atoms with Crippen molar-refractivity contribution in [2.45, 2.75) is 25.4 Å². The highest BCUT2D eigenvalue weighted by Crippen LogP contribution is 2.48. The normalized spacial score (nSPS) is 19.7. The van der Waals surface area contributed by atoms with Gasteiger partial charge in [-0.3, -0.25) is 0 Å². The molecule has 7 heteroatoms. The summed E-state index contributed by atoms with van der Waals surface area (Å²) in [5.74, 6) is 0.456. The van der Waals surface area contributed by atoms with E-state index in [4.69, 9.17) is 9.57 Å². The van der Waals surface area contributed by atoms with Gasteiger partial charge in [-0.05, 0) is 55.2 Å². The smallest absolute Gasteiger partial charge is 0.416 e. The van der Waals surface area contributed by atoms with Crippen LogP contribution in [0.1, 0.15) is 30.4 Å². The van der Waals surface area contributed by atoms with Gasteiger partial charge in [0.15, 0.2) is 6.61 Å². The summed E-state index contributed by atoms with van der Waals surface area (Å²) in [6.07, 6.45) is -3.46. The van der Waals surface area contributed by atoms with Gasteiger partial charge < -0.3 is 9.57 Å². The minimum atomic E-state index is -4.40. The van der Waals surface area contributed by atoms with Crippen molar-refractivity contribution in [3.63, 3.8) is 0 Å². The Kier molecular flexibility index (Phi) is 5.68. The van der Waals surface area contributed by atoms with E-state index in [0.717, 1.165) is 29.8 Å². The molecule has 0 radical (unpaired) electrons. The van der Waals surface area contributed by atoms with Crippen LogP contribution in [0.25, 0.3) is 0 Å². The maximum atomic E-state index is 13.0. The molecule has 0 N–H and O–H groups in total. The van der Waals surface area contributed by atoms with Crippen LogP contribution in [0.4, 0.5) is 17.6 Å². The molecule has 0 unspecified atom stereocenters. The Balaban J connectivity index is 1.42. The quantitative estimate of drug-likeness (QED) is 0.278. The second-order valence-electron chi connectivity index (χ2n) is 6.44. The summed E-state index contributed by atoms with van der Waals surface area (Å²) >= 11 is 0. The number of hydrogen-bond donors (Lipinski definition) is 0. The molecule has 2 atom stereocenters. The van der Waals surface area contributed by atoms with Gasteiger partial charge in [0.05, 0.1) is 11.3 Å². The molecule has 2 aromatic carbocycles. The monoisotopic (exact) mass is 381 g/mol. The highest BCUT2D eigenvalue weighted by Gasteiger charge is 2.40. The Hall–Kier alpha value is -2.57. The fraction of sp³-hybridized carbons (Fsp3) is 0.350. The number of alkyl halides is 3. The van der Waals surface area contributed by atoms with Gasteiger partial charge in [-0.2, -0.15) is 13.2 Å². The van der Waals surface area contributed by atoms with Crippen molar-refractivity contribution < 1.29 is 27.1 Å². The zero-order chi connectivity index (χ0) is 19.4. The molecular formula is C20H19F4NO2. The minimum absolute atomic E-state index is 0.0874. The molecule has 0 bridgehead atoms. The van der Waals surface area contributed by atoms with E-state index < -0.39 is 11.7 Å². The average molecular weight is 381 g/mol. The molecule has 0 heterocycles. The van der Waals surface area contributed by atoms with E-state index in [9.17, 15) is 17.6 Å². The van der Waals surface area contributed by atoms with E-state index in [0.29, 0.717) is 5.92 Å².